The van der Waals surface area contributed by atoms with Gasteiger partial charge in [-0.3, -0.25) is 0 Å². The number of hydrogen-bond acceptors (Lipinski definition) is 0. The molecule has 0 spiro atoms. The fourth-order valence-corrected chi connectivity index (χ4v) is 2.56. The lowest BCUT2D eigenvalue weighted by Gasteiger charge is -2.31. The normalized spacial score (nSPS) is 22.4. The van der Waals surface area contributed by atoms with Gasteiger partial charge in [0.25, 0.3) is 0 Å². The average molecular weight is 203 g/mol. The van der Waals surface area contributed by atoms with Gasteiger partial charge in [0.15, 0.2) is 0 Å². The molecule has 0 N–H and O–H groups in total. The molecule has 0 bridgehead atoms. The Bertz CT molecular complexity index is 128. The van der Waals surface area contributed by atoms with Gasteiger partial charge < -0.3 is 0 Å². The summed E-state index contributed by atoms with van der Waals surface area (Å²) in [5.41, 5.74) is 0.542. The fourth-order valence-electron chi connectivity index (χ4n) is 1.45. The summed E-state index contributed by atoms with van der Waals surface area (Å²) < 4.78 is 0. The van der Waals surface area contributed by atoms with E-state index in [2.05, 4.69) is 41.9 Å². The van der Waals surface area contributed by atoms with Crippen LogP contribution in [0, 0.1) is 11.3 Å². The predicted molar refractivity (Wildman–Crippen MR) is 49.4 cm³/mol. The topological polar surface area (TPSA) is 0 Å². The highest BCUT2D eigenvalue weighted by atomic mass is 79.9. The van der Waals surface area contributed by atoms with Crippen LogP contribution in [0.25, 0.3) is 0 Å². The van der Waals surface area contributed by atoms with Gasteiger partial charge in [-0.15, -0.1) is 0 Å². The van der Waals surface area contributed by atoms with Crippen LogP contribution in [0.2, 0.25) is 0 Å². The second kappa shape index (κ2) is 3.08. The SMILES string of the molecule is CC(C)C1(CBr)CC=CC1. The van der Waals surface area contributed by atoms with Gasteiger partial charge in [-0.05, 0) is 24.2 Å². The Balaban J connectivity index is 2.61. The number of hydrogen-bond donors (Lipinski definition) is 0. The Labute approximate surface area is 71.8 Å². The molecular weight excluding hydrogens is 188 g/mol. The summed E-state index contributed by atoms with van der Waals surface area (Å²) in [6.45, 7) is 4.63. The van der Waals surface area contributed by atoms with Crippen LogP contribution in [0.1, 0.15) is 26.7 Å². The molecule has 10 heavy (non-hydrogen) atoms. The maximum Gasteiger partial charge on any atom is 0.00963 e. The Morgan fingerprint density at radius 3 is 2.10 bits per heavy atom. The Kier molecular flexibility index (Phi) is 2.56. The molecule has 0 fully saturated rings. The molecular formula is C9H15Br. The lowest BCUT2D eigenvalue weighted by atomic mass is 9.77. The molecule has 0 aromatic rings. The molecule has 0 amide bonds. The van der Waals surface area contributed by atoms with E-state index in [1.54, 1.807) is 0 Å². The highest BCUT2D eigenvalue weighted by Gasteiger charge is 2.32. The molecule has 0 aromatic heterocycles. The molecule has 0 saturated carbocycles. The van der Waals surface area contributed by atoms with Crippen LogP contribution in [0.3, 0.4) is 0 Å². The van der Waals surface area contributed by atoms with Gasteiger partial charge >= 0.3 is 0 Å². The fraction of sp³-hybridized carbons (Fsp3) is 0.778. The first kappa shape index (κ1) is 8.32. The average Bonchev–Trinajstić information content (AvgIpc) is 2.35. The highest BCUT2D eigenvalue weighted by Crippen LogP contribution is 2.41. The van der Waals surface area contributed by atoms with Crippen molar-refractivity contribution in [1.29, 1.82) is 0 Å². The molecule has 1 aliphatic carbocycles. The van der Waals surface area contributed by atoms with Crippen molar-refractivity contribution < 1.29 is 0 Å². The van der Waals surface area contributed by atoms with Crippen molar-refractivity contribution in [1.82, 2.24) is 0 Å². The summed E-state index contributed by atoms with van der Waals surface area (Å²) in [4.78, 5) is 0. The predicted octanol–water partition coefficient (Wildman–Crippen LogP) is 3.37. The molecule has 0 radical (unpaired) electrons. The van der Waals surface area contributed by atoms with Gasteiger partial charge in [0.05, 0.1) is 0 Å². The van der Waals surface area contributed by atoms with E-state index in [-0.39, 0.29) is 0 Å². The molecule has 0 heterocycles. The summed E-state index contributed by atoms with van der Waals surface area (Å²) in [5.74, 6) is 0.793. The number of halogens is 1. The second-order valence-electron chi connectivity index (χ2n) is 3.53. The van der Waals surface area contributed by atoms with Crippen molar-refractivity contribution in [2.24, 2.45) is 11.3 Å². The number of alkyl halides is 1. The summed E-state index contributed by atoms with van der Waals surface area (Å²) in [5, 5.41) is 1.14. The highest BCUT2D eigenvalue weighted by molar-refractivity contribution is 9.09. The van der Waals surface area contributed by atoms with Crippen LogP contribution in [0.15, 0.2) is 12.2 Å². The van der Waals surface area contributed by atoms with Crippen LogP contribution >= 0.6 is 15.9 Å². The van der Waals surface area contributed by atoms with E-state index in [1.807, 2.05) is 0 Å². The minimum atomic E-state index is 0.542. The van der Waals surface area contributed by atoms with E-state index in [0.717, 1.165) is 11.2 Å². The Morgan fingerprint density at radius 1 is 1.40 bits per heavy atom. The van der Waals surface area contributed by atoms with Gasteiger partial charge in [-0.25, -0.2) is 0 Å². The first-order valence-electron chi connectivity index (χ1n) is 3.92. The number of rotatable bonds is 2. The summed E-state index contributed by atoms with van der Waals surface area (Å²) in [6, 6.07) is 0. The van der Waals surface area contributed by atoms with Crippen LogP contribution < -0.4 is 0 Å². The van der Waals surface area contributed by atoms with Crippen molar-refractivity contribution in [2.45, 2.75) is 26.7 Å². The summed E-state index contributed by atoms with van der Waals surface area (Å²) in [7, 11) is 0. The lowest BCUT2D eigenvalue weighted by molar-refractivity contribution is 0.248. The van der Waals surface area contributed by atoms with Gasteiger partial charge in [-0.2, -0.15) is 0 Å². The van der Waals surface area contributed by atoms with E-state index in [9.17, 15) is 0 Å². The van der Waals surface area contributed by atoms with E-state index in [0.29, 0.717) is 5.41 Å². The van der Waals surface area contributed by atoms with Crippen LogP contribution in [0.5, 0.6) is 0 Å². The zero-order chi connectivity index (χ0) is 7.61. The quantitative estimate of drug-likeness (QED) is 0.476. The van der Waals surface area contributed by atoms with E-state index < -0.39 is 0 Å². The molecule has 58 valence electrons. The van der Waals surface area contributed by atoms with Crippen molar-refractivity contribution in [3.63, 3.8) is 0 Å². The molecule has 1 rings (SSSR count). The van der Waals surface area contributed by atoms with Gasteiger partial charge in [0, 0.05) is 5.33 Å². The van der Waals surface area contributed by atoms with Crippen LogP contribution in [-0.4, -0.2) is 5.33 Å². The third-order valence-corrected chi connectivity index (χ3v) is 3.82. The lowest BCUT2D eigenvalue weighted by Crippen LogP contribution is -2.25. The molecule has 0 aromatic carbocycles. The zero-order valence-electron chi connectivity index (χ0n) is 6.73. The van der Waals surface area contributed by atoms with E-state index >= 15 is 0 Å². The largest absolute Gasteiger partial charge is 0.0922 e. The van der Waals surface area contributed by atoms with Gasteiger partial charge in [0.1, 0.15) is 0 Å². The second-order valence-corrected chi connectivity index (χ2v) is 4.09. The molecule has 0 nitrogen and oxygen atoms in total. The number of allylic oxidation sites excluding steroid dienone is 2. The third-order valence-electron chi connectivity index (χ3n) is 2.71. The van der Waals surface area contributed by atoms with Gasteiger partial charge in [0.2, 0.25) is 0 Å². The molecule has 0 aliphatic heterocycles. The van der Waals surface area contributed by atoms with Gasteiger partial charge in [-0.1, -0.05) is 41.9 Å². The molecule has 1 aliphatic rings. The minimum Gasteiger partial charge on any atom is -0.0922 e. The van der Waals surface area contributed by atoms with Crippen LogP contribution in [0.4, 0.5) is 0 Å². The molecule has 0 saturated heterocycles. The molecule has 0 unspecified atom stereocenters. The third kappa shape index (κ3) is 1.29. The zero-order valence-corrected chi connectivity index (χ0v) is 8.32. The smallest absolute Gasteiger partial charge is 0.00963 e. The maximum atomic E-state index is 3.59. The molecule has 0 atom stereocenters. The minimum absolute atomic E-state index is 0.542. The van der Waals surface area contributed by atoms with E-state index in [1.165, 1.54) is 12.8 Å². The van der Waals surface area contributed by atoms with Crippen molar-refractivity contribution in [3.05, 3.63) is 12.2 Å². The monoisotopic (exact) mass is 202 g/mol. The molecule has 1 heteroatoms. The first-order chi connectivity index (χ1) is 4.71. The van der Waals surface area contributed by atoms with E-state index in [4.69, 9.17) is 0 Å². The van der Waals surface area contributed by atoms with Crippen molar-refractivity contribution in [2.75, 3.05) is 5.33 Å². The van der Waals surface area contributed by atoms with Crippen LogP contribution in [-0.2, 0) is 0 Å². The summed E-state index contributed by atoms with van der Waals surface area (Å²) >= 11 is 3.59. The first-order valence-corrected chi connectivity index (χ1v) is 5.04. The Morgan fingerprint density at radius 2 is 1.90 bits per heavy atom. The summed E-state index contributed by atoms with van der Waals surface area (Å²) in [6.07, 6.45) is 7.13. The van der Waals surface area contributed by atoms with Crippen molar-refractivity contribution in [3.8, 4) is 0 Å². The Hall–Kier alpha value is 0.220. The van der Waals surface area contributed by atoms with Crippen molar-refractivity contribution >= 4 is 15.9 Å². The standard InChI is InChI=1S/C9H15Br/c1-8(2)9(7-10)5-3-4-6-9/h3-4,8H,5-7H2,1-2H3. The maximum absolute atomic E-state index is 3.59.